The lowest BCUT2D eigenvalue weighted by Crippen LogP contribution is -2.30. The Balaban J connectivity index is 1.49. The number of benzene rings is 1. The number of hydrogen-bond donors (Lipinski definition) is 1. The van der Waals surface area contributed by atoms with Crippen LogP contribution in [0.5, 0.6) is 0 Å². The summed E-state index contributed by atoms with van der Waals surface area (Å²) in [5.74, 6) is 1.46. The fraction of sp³-hybridized carbons (Fsp3) is 0.200. The maximum absolute atomic E-state index is 13.1. The zero-order valence-electron chi connectivity index (χ0n) is 14.1. The van der Waals surface area contributed by atoms with Crippen molar-refractivity contribution in [2.45, 2.75) is 12.8 Å². The highest BCUT2D eigenvalue weighted by atomic mass is 79.9. The summed E-state index contributed by atoms with van der Waals surface area (Å²) < 4.78 is 6.22. The van der Waals surface area contributed by atoms with E-state index in [1.54, 1.807) is 12.3 Å². The molecule has 1 N–H and O–H groups in total. The van der Waals surface area contributed by atoms with E-state index in [0.717, 1.165) is 17.9 Å². The summed E-state index contributed by atoms with van der Waals surface area (Å²) in [6.45, 7) is 1.33. The predicted octanol–water partition coefficient (Wildman–Crippen LogP) is 4.29. The Bertz CT molecular complexity index is 938. The smallest absolute Gasteiger partial charge is 0.262 e. The predicted molar refractivity (Wildman–Crippen MR) is 105 cm³/mol. The minimum Gasteiger partial charge on any atom is -0.454 e. The highest BCUT2D eigenvalue weighted by molar-refractivity contribution is 9.10. The number of carbonyl (C=O) groups is 1. The standard InChI is InChI=1S/C20H18BrN3O2/c21-18-8-7-15(26-18)9-12-23-19-16(5-3-11-22-19)20(25)24-13-10-14-4-1-2-6-17(14)24/h1-8,11H,9-10,12-13H2,(H,22,23). The third-order valence-corrected chi connectivity index (χ3v) is 4.89. The van der Waals surface area contributed by atoms with E-state index in [2.05, 4.69) is 32.3 Å². The van der Waals surface area contributed by atoms with E-state index >= 15 is 0 Å². The van der Waals surface area contributed by atoms with Crippen LogP contribution >= 0.6 is 15.9 Å². The maximum Gasteiger partial charge on any atom is 0.262 e. The zero-order chi connectivity index (χ0) is 17.9. The Morgan fingerprint density at radius 3 is 2.92 bits per heavy atom. The molecule has 0 bridgehead atoms. The van der Waals surface area contributed by atoms with Crippen LogP contribution in [0.1, 0.15) is 21.7 Å². The lowest BCUT2D eigenvalue weighted by molar-refractivity contribution is 0.0990. The van der Waals surface area contributed by atoms with Gasteiger partial charge in [0.15, 0.2) is 4.67 Å². The quantitative estimate of drug-likeness (QED) is 0.679. The molecule has 1 aliphatic rings. The van der Waals surface area contributed by atoms with E-state index in [0.29, 0.717) is 35.6 Å². The molecule has 0 saturated carbocycles. The number of furan rings is 1. The average molecular weight is 412 g/mol. The monoisotopic (exact) mass is 411 g/mol. The minimum atomic E-state index is -0.0220. The number of rotatable bonds is 5. The number of hydrogen-bond acceptors (Lipinski definition) is 4. The number of fused-ring (bicyclic) bond motifs is 1. The van der Waals surface area contributed by atoms with Gasteiger partial charge in [-0.15, -0.1) is 0 Å². The number of pyridine rings is 1. The van der Waals surface area contributed by atoms with Gasteiger partial charge in [0, 0.05) is 31.4 Å². The topological polar surface area (TPSA) is 58.4 Å². The molecule has 0 atom stereocenters. The van der Waals surface area contributed by atoms with Gasteiger partial charge < -0.3 is 14.6 Å². The number of carbonyl (C=O) groups excluding carboxylic acids is 1. The average Bonchev–Trinajstić information content (AvgIpc) is 3.28. The van der Waals surface area contributed by atoms with Gasteiger partial charge in [-0.1, -0.05) is 18.2 Å². The first-order valence-corrected chi connectivity index (χ1v) is 9.34. The third kappa shape index (κ3) is 3.37. The molecule has 0 saturated heterocycles. The Morgan fingerprint density at radius 1 is 1.19 bits per heavy atom. The number of nitrogens with one attached hydrogen (secondary N) is 1. The summed E-state index contributed by atoms with van der Waals surface area (Å²) >= 11 is 3.30. The lowest BCUT2D eigenvalue weighted by Gasteiger charge is -2.19. The number of amides is 1. The zero-order valence-corrected chi connectivity index (χ0v) is 15.7. The second-order valence-corrected chi connectivity index (χ2v) is 6.90. The first-order valence-electron chi connectivity index (χ1n) is 8.55. The van der Waals surface area contributed by atoms with Gasteiger partial charge in [-0.3, -0.25) is 4.79 Å². The normalized spacial score (nSPS) is 12.9. The molecule has 5 nitrogen and oxygen atoms in total. The molecule has 4 rings (SSSR count). The van der Waals surface area contributed by atoms with Crippen molar-refractivity contribution in [3.8, 4) is 0 Å². The minimum absolute atomic E-state index is 0.0220. The summed E-state index contributed by atoms with van der Waals surface area (Å²) in [7, 11) is 0. The third-order valence-electron chi connectivity index (χ3n) is 4.46. The van der Waals surface area contributed by atoms with Gasteiger partial charge in [0.2, 0.25) is 0 Å². The van der Waals surface area contributed by atoms with Crippen LogP contribution in [0.3, 0.4) is 0 Å². The first kappa shape index (κ1) is 16.8. The second-order valence-electron chi connectivity index (χ2n) is 6.12. The van der Waals surface area contributed by atoms with Gasteiger partial charge in [0.05, 0.1) is 5.56 Å². The van der Waals surface area contributed by atoms with Crippen LogP contribution in [0.4, 0.5) is 11.5 Å². The number of para-hydroxylation sites is 1. The van der Waals surface area contributed by atoms with Gasteiger partial charge in [-0.2, -0.15) is 0 Å². The molecule has 0 fully saturated rings. The SMILES string of the molecule is O=C(c1cccnc1NCCc1ccc(Br)o1)N1CCc2ccccc21. The number of aromatic nitrogens is 1. The summed E-state index contributed by atoms with van der Waals surface area (Å²) in [6, 6.07) is 15.5. The molecule has 1 aromatic carbocycles. The number of nitrogens with zero attached hydrogens (tertiary/aromatic N) is 2. The molecule has 0 spiro atoms. The van der Waals surface area contributed by atoms with Gasteiger partial charge in [-0.05, 0) is 58.2 Å². The van der Waals surface area contributed by atoms with Crippen molar-refractivity contribution >= 4 is 33.3 Å². The van der Waals surface area contributed by atoms with Crippen LogP contribution in [0, 0.1) is 0 Å². The van der Waals surface area contributed by atoms with Gasteiger partial charge in [0.25, 0.3) is 5.91 Å². The van der Waals surface area contributed by atoms with Crippen molar-refractivity contribution in [3.63, 3.8) is 0 Å². The number of anilines is 2. The molecule has 26 heavy (non-hydrogen) atoms. The fourth-order valence-corrected chi connectivity index (χ4v) is 3.54. The Hall–Kier alpha value is -2.60. The molecule has 0 unspecified atom stereocenters. The van der Waals surface area contributed by atoms with E-state index < -0.39 is 0 Å². The lowest BCUT2D eigenvalue weighted by atomic mass is 10.1. The fourth-order valence-electron chi connectivity index (χ4n) is 3.20. The summed E-state index contributed by atoms with van der Waals surface area (Å²) in [5.41, 5.74) is 2.79. The van der Waals surface area contributed by atoms with E-state index in [1.165, 1.54) is 5.56 Å². The van der Waals surface area contributed by atoms with Crippen molar-refractivity contribution in [2.24, 2.45) is 0 Å². The molecule has 6 heteroatoms. The molecule has 132 valence electrons. The van der Waals surface area contributed by atoms with Crippen LogP contribution in [-0.4, -0.2) is 24.0 Å². The molecule has 1 amide bonds. The molecule has 3 aromatic rings. The van der Waals surface area contributed by atoms with E-state index in [4.69, 9.17) is 4.42 Å². The molecule has 2 aromatic heterocycles. The molecular formula is C20H18BrN3O2. The summed E-state index contributed by atoms with van der Waals surface area (Å²) in [6.07, 6.45) is 3.29. The Kier molecular flexibility index (Phi) is 4.75. The molecule has 3 heterocycles. The molecule has 0 aliphatic carbocycles. The van der Waals surface area contributed by atoms with Crippen molar-refractivity contribution in [3.05, 3.63) is 76.3 Å². The van der Waals surface area contributed by atoms with E-state index in [9.17, 15) is 4.79 Å². The van der Waals surface area contributed by atoms with Crippen molar-refractivity contribution in [2.75, 3.05) is 23.3 Å². The molecule has 1 aliphatic heterocycles. The molecular weight excluding hydrogens is 394 g/mol. The van der Waals surface area contributed by atoms with Crippen LogP contribution in [0.25, 0.3) is 0 Å². The maximum atomic E-state index is 13.1. The van der Waals surface area contributed by atoms with Crippen LogP contribution in [0.15, 0.2) is 63.8 Å². The van der Waals surface area contributed by atoms with Crippen molar-refractivity contribution < 1.29 is 9.21 Å². The van der Waals surface area contributed by atoms with Crippen LogP contribution in [-0.2, 0) is 12.8 Å². The van der Waals surface area contributed by atoms with E-state index in [1.807, 2.05) is 41.3 Å². The highest BCUT2D eigenvalue weighted by Gasteiger charge is 2.26. The highest BCUT2D eigenvalue weighted by Crippen LogP contribution is 2.29. The number of halogens is 1. The summed E-state index contributed by atoms with van der Waals surface area (Å²) in [4.78, 5) is 19.3. The van der Waals surface area contributed by atoms with Crippen molar-refractivity contribution in [1.29, 1.82) is 0 Å². The van der Waals surface area contributed by atoms with Gasteiger partial charge in [-0.25, -0.2) is 4.98 Å². The Labute approximate surface area is 160 Å². The Morgan fingerprint density at radius 2 is 2.08 bits per heavy atom. The summed E-state index contributed by atoms with van der Waals surface area (Å²) in [5, 5.41) is 3.27. The van der Waals surface area contributed by atoms with Gasteiger partial charge in [0.1, 0.15) is 11.6 Å². The van der Waals surface area contributed by atoms with Crippen LogP contribution < -0.4 is 10.2 Å². The first-order chi connectivity index (χ1) is 12.7. The van der Waals surface area contributed by atoms with Crippen molar-refractivity contribution in [1.82, 2.24) is 4.98 Å². The molecule has 0 radical (unpaired) electrons. The second kappa shape index (κ2) is 7.33. The van der Waals surface area contributed by atoms with Crippen LogP contribution in [0.2, 0.25) is 0 Å². The van der Waals surface area contributed by atoms with Gasteiger partial charge >= 0.3 is 0 Å². The van der Waals surface area contributed by atoms with E-state index in [-0.39, 0.29) is 5.91 Å². The largest absolute Gasteiger partial charge is 0.454 e.